The standard InChI is InChI=1S/C13H27N3O/c1-9(2)12(15(4)5)13(17)16-8-11(7-14)6-10(16)3/h9-12H,6-8,14H2,1-5H3/t10?,11?,12-/m0/s1. The number of carbonyl (C=O) groups is 1. The summed E-state index contributed by atoms with van der Waals surface area (Å²) >= 11 is 0. The third kappa shape index (κ3) is 3.19. The Morgan fingerprint density at radius 3 is 2.41 bits per heavy atom. The zero-order chi connectivity index (χ0) is 13.2. The van der Waals surface area contributed by atoms with E-state index in [2.05, 4.69) is 20.8 Å². The molecule has 1 rings (SSSR count). The number of carbonyl (C=O) groups excluding carboxylic acids is 1. The minimum Gasteiger partial charge on any atom is -0.338 e. The summed E-state index contributed by atoms with van der Waals surface area (Å²) < 4.78 is 0. The average molecular weight is 241 g/mol. The van der Waals surface area contributed by atoms with Gasteiger partial charge < -0.3 is 10.6 Å². The highest BCUT2D eigenvalue weighted by atomic mass is 16.2. The maximum Gasteiger partial charge on any atom is 0.240 e. The summed E-state index contributed by atoms with van der Waals surface area (Å²) in [5.74, 6) is 1.07. The Bertz CT molecular complexity index is 257. The molecule has 100 valence electrons. The molecule has 4 nitrogen and oxygen atoms in total. The van der Waals surface area contributed by atoms with Crippen LogP contribution in [0.3, 0.4) is 0 Å². The van der Waals surface area contributed by atoms with E-state index in [0.29, 0.717) is 24.4 Å². The molecular weight excluding hydrogens is 214 g/mol. The van der Waals surface area contributed by atoms with Crippen LogP contribution in [0.1, 0.15) is 27.2 Å². The molecule has 1 fully saturated rings. The molecule has 0 aromatic carbocycles. The number of amides is 1. The van der Waals surface area contributed by atoms with Gasteiger partial charge in [-0.2, -0.15) is 0 Å². The van der Waals surface area contributed by atoms with Crippen molar-refractivity contribution in [1.29, 1.82) is 0 Å². The molecule has 2 unspecified atom stereocenters. The van der Waals surface area contributed by atoms with E-state index < -0.39 is 0 Å². The van der Waals surface area contributed by atoms with Crippen LogP contribution in [0, 0.1) is 11.8 Å². The van der Waals surface area contributed by atoms with Crippen molar-refractivity contribution >= 4 is 5.91 Å². The Morgan fingerprint density at radius 2 is 2.06 bits per heavy atom. The Kier molecular flexibility index (Phi) is 4.95. The molecule has 1 aliphatic rings. The summed E-state index contributed by atoms with van der Waals surface area (Å²) in [5.41, 5.74) is 5.71. The number of rotatable bonds is 4. The van der Waals surface area contributed by atoms with Crippen LogP contribution >= 0.6 is 0 Å². The summed E-state index contributed by atoms with van der Waals surface area (Å²) in [5, 5.41) is 0. The molecule has 0 aromatic heterocycles. The van der Waals surface area contributed by atoms with Gasteiger partial charge in [0.2, 0.25) is 5.91 Å². The number of nitrogens with two attached hydrogens (primary N) is 1. The first kappa shape index (κ1) is 14.5. The van der Waals surface area contributed by atoms with Crippen molar-refractivity contribution < 1.29 is 4.79 Å². The first-order valence-electron chi connectivity index (χ1n) is 6.55. The third-order valence-corrected chi connectivity index (χ3v) is 3.72. The van der Waals surface area contributed by atoms with E-state index in [1.165, 1.54) is 0 Å². The normalized spacial score (nSPS) is 26.9. The quantitative estimate of drug-likeness (QED) is 0.791. The van der Waals surface area contributed by atoms with Crippen LogP contribution in [0.2, 0.25) is 0 Å². The van der Waals surface area contributed by atoms with Crippen molar-refractivity contribution in [2.75, 3.05) is 27.2 Å². The van der Waals surface area contributed by atoms with E-state index in [9.17, 15) is 4.79 Å². The fraction of sp³-hybridized carbons (Fsp3) is 0.923. The maximum atomic E-state index is 12.5. The lowest BCUT2D eigenvalue weighted by molar-refractivity contribution is -0.138. The third-order valence-electron chi connectivity index (χ3n) is 3.72. The Morgan fingerprint density at radius 1 is 1.47 bits per heavy atom. The zero-order valence-corrected chi connectivity index (χ0v) is 11.8. The first-order chi connectivity index (χ1) is 7.88. The largest absolute Gasteiger partial charge is 0.338 e. The highest BCUT2D eigenvalue weighted by molar-refractivity contribution is 5.82. The fourth-order valence-electron chi connectivity index (χ4n) is 2.89. The van der Waals surface area contributed by atoms with Gasteiger partial charge in [0.1, 0.15) is 0 Å². The minimum absolute atomic E-state index is 0.0195. The van der Waals surface area contributed by atoms with Crippen LogP contribution in [0.4, 0.5) is 0 Å². The van der Waals surface area contributed by atoms with E-state index in [-0.39, 0.29) is 11.9 Å². The highest BCUT2D eigenvalue weighted by Gasteiger charge is 2.36. The van der Waals surface area contributed by atoms with Gasteiger partial charge in [-0.3, -0.25) is 9.69 Å². The van der Waals surface area contributed by atoms with Gasteiger partial charge in [-0.1, -0.05) is 13.8 Å². The molecule has 0 bridgehead atoms. The van der Waals surface area contributed by atoms with Gasteiger partial charge in [-0.15, -0.1) is 0 Å². The summed E-state index contributed by atoms with van der Waals surface area (Å²) in [6, 6.07) is 0.311. The van der Waals surface area contributed by atoms with Gasteiger partial charge in [0.25, 0.3) is 0 Å². The second-order valence-corrected chi connectivity index (χ2v) is 5.83. The molecule has 17 heavy (non-hydrogen) atoms. The van der Waals surface area contributed by atoms with Crippen LogP contribution in [-0.2, 0) is 4.79 Å². The monoisotopic (exact) mass is 241 g/mol. The van der Waals surface area contributed by atoms with Crippen LogP contribution in [0.15, 0.2) is 0 Å². The summed E-state index contributed by atoms with van der Waals surface area (Å²) in [7, 11) is 3.95. The number of likely N-dealkylation sites (tertiary alicyclic amines) is 1. The molecule has 2 N–H and O–H groups in total. The van der Waals surface area contributed by atoms with Crippen molar-refractivity contribution in [3.8, 4) is 0 Å². The van der Waals surface area contributed by atoms with E-state index in [1.54, 1.807) is 0 Å². The SMILES string of the molecule is CC(C)[C@@H](C(=O)N1CC(CN)CC1C)N(C)C. The van der Waals surface area contributed by atoms with Crippen LogP contribution < -0.4 is 5.73 Å². The first-order valence-corrected chi connectivity index (χ1v) is 6.55. The van der Waals surface area contributed by atoms with E-state index >= 15 is 0 Å². The van der Waals surface area contributed by atoms with Gasteiger partial charge in [-0.05, 0) is 45.8 Å². The lowest BCUT2D eigenvalue weighted by Gasteiger charge is -2.33. The number of nitrogens with zero attached hydrogens (tertiary/aromatic N) is 2. The predicted octanol–water partition coefficient (Wildman–Crippen LogP) is 0.768. The Hall–Kier alpha value is -0.610. The van der Waals surface area contributed by atoms with Crippen molar-refractivity contribution in [2.24, 2.45) is 17.6 Å². The molecule has 0 radical (unpaired) electrons. The van der Waals surface area contributed by atoms with Crippen molar-refractivity contribution in [3.63, 3.8) is 0 Å². The van der Waals surface area contributed by atoms with Gasteiger partial charge in [0.15, 0.2) is 0 Å². The molecule has 1 aliphatic heterocycles. The smallest absolute Gasteiger partial charge is 0.240 e. The van der Waals surface area contributed by atoms with Crippen molar-refractivity contribution in [2.45, 2.75) is 39.3 Å². The molecule has 0 spiro atoms. The highest BCUT2D eigenvalue weighted by Crippen LogP contribution is 2.24. The molecule has 1 amide bonds. The molecule has 3 atom stereocenters. The van der Waals surface area contributed by atoms with Gasteiger partial charge in [0.05, 0.1) is 6.04 Å². The van der Waals surface area contributed by atoms with E-state index in [1.807, 2.05) is 23.9 Å². The van der Waals surface area contributed by atoms with Crippen LogP contribution in [0.25, 0.3) is 0 Å². The second-order valence-electron chi connectivity index (χ2n) is 5.83. The topological polar surface area (TPSA) is 49.6 Å². The minimum atomic E-state index is -0.0195. The number of hydrogen-bond donors (Lipinski definition) is 1. The summed E-state index contributed by atoms with van der Waals surface area (Å²) in [6.07, 6.45) is 1.04. The van der Waals surface area contributed by atoms with E-state index in [4.69, 9.17) is 5.73 Å². The van der Waals surface area contributed by atoms with E-state index in [0.717, 1.165) is 13.0 Å². The zero-order valence-electron chi connectivity index (χ0n) is 11.8. The van der Waals surface area contributed by atoms with Crippen LogP contribution in [-0.4, -0.2) is 55.0 Å². The molecule has 0 saturated carbocycles. The number of likely N-dealkylation sites (N-methyl/N-ethyl adjacent to an activating group) is 1. The van der Waals surface area contributed by atoms with Crippen molar-refractivity contribution in [3.05, 3.63) is 0 Å². The fourth-order valence-corrected chi connectivity index (χ4v) is 2.89. The molecule has 0 aromatic rings. The summed E-state index contributed by atoms with van der Waals surface area (Å²) in [4.78, 5) is 16.6. The summed E-state index contributed by atoms with van der Waals surface area (Å²) in [6.45, 7) is 7.84. The van der Waals surface area contributed by atoms with Gasteiger partial charge >= 0.3 is 0 Å². The maximum absolute atomic E-state index is 12.5. The molecule has 1 heterocycles. The lowest BCUT2D eigenvalue weighted by Crippen LogP contribution is -2.49. The Labute approximate surface area is 105 Å². The Balaban J connectivity index is 2.75. The van der Waals surface area contributed by atoms with Gasteiger partial charge in [-0.25, -0.2) is 0 Å². The predicted molar refractivity (Wildman–Crippen MR) is 70.6 cm³/mol. The molecular formula is C13H27N3O. The molecule has 4 heteroatoms. The molecule has 1 saturated heterocycles. The second kappa shape index (κ2) is 5.83. The van der Waals surface area contributed by atoms with Crippen LogP contribution in [0.5, 0.6) is 0 Å². The number of hydrogen-bond acceptors (Lipinski definition) is 3. The van der Waals surface area contributed by atoms with Gasteiger partial charge in [0, 0.05) is 12.6 Å². The lowest BCUT2D eigenvalue weighted by atomic mass is 10.0. The van der Waals surface area contributed by atoms with Crippen molar-refractivity contribution in [1.82, 2.24) is 9.80 Å². The molecule has 0 aliphatic carbocycles. The average Bonchev–Trinajstić information content (AvgIpc) is 2.58.